The smallest absolute Gasteiger partial charge is 0.312 e. The molecule has 0 radical (unpaired) electrons. The Balaban J connectivity index is 1.79. The second-order valence-corrected chi connectivity index (χ2v) is 7.85. The molecule has 34 heavy (non-hydrogen) atoms. The van der Waals surface area contributed by atoms with Crippen molar-refractivity contribution in [2.75, 3.05) is 14.2 Å². The highest BCUT2D eigenvalue weighted by atomic mass is 16.5. The van der Waals surface area contributed by atoms with Crippen molar-refractivity contribution >= 4 is 16.9 Å². The Hall–Kier alpha value is -4.46. The first-order valence-electron chi connectivity index (χ1n) is 10.4. The molecule has 3 aromatic carbocycles. The van der Waals surface area contributed by atoms with Crippen LogP contribution in [0.1, 0.15) is 23.5 Å². The van der Waals surface area contributed by atoms with Crippen LogP contribution in [0.15, 0.2) is 64.0 Å². The van der Waals surface area contributed by atoms with E-state index < -0.39 is 17.3 Å². The Kier molecular flexibility index (Phi) is 5.13. The minimum absolute atomic E-state index is 0.0279. The van der Waals surface area contributed by atoms with Gasteiger partial charge in [0.05, 0.1) is 26.2 Å². The number of benzene rings is 3. The summed E-state index contributed by atoms with van der Waals surface area (Å²) in [5.41, 5.74) is 1.49. The summed E-state index contributed by atoms with van der Waals surface area (Å²) in [5.74, 6) is -0.343. The fourth-order valence-electron chi connectivity index (χ4n) is 4.42. The van der Waals surface area contributed by atoms with E-state index >= 15 is 0 Å². The fourth-order valence-corrected chi connectivity index (χ4v) is 4.42. The molecule has 0 aliphatic carbocycles. The zero-order valence-electron chi connectivity index (χ0n) is 18.3. The maximum Gasteiger partial charge on any atom is 0.312 e. The van der Waals surface area contributed by atoms with Crippen molar-refractivity contribution in [1.29, 1.82) is 0 Å². The van der Waals surface area contributed by atoms with Gasteiger partial charge < -0.3 is 28.8 Å². The van der Waals surface area contributed by atoms with Gasteiger partial charge in [0.25, 0.3) is 0 Å². The summed E-state index contributed by atoms with van der Waals surface area (Å²) in [7, 11) is 3.02. The summed E-state index contributed by atoms with van der Waals surface area (Å²) in [5, 5.41) is 20.2. The van der Waals surface area contributed by atoms with E-state index in [1.807, 2.05) is 0 Å². The van der Waals surface area contributed by atoms with Crippen LogP contribution in [0, 0.1) is 0 Å². The Bertz CT molecular complexity index is 1480. The molecule has 172 valence electrons. The minimum Gasteiger partial charge on any atom is -0.508 e. The quantitative estimate of drug-likeness (QED) is 0.342. The van der Waals surface area contributed by atoms with Gasteiger partial charge in [-0.25, -0.2) is 0 Å². The van der Waals surface area contributed by atoms with Gasteiger partial charge in [-0.05, 0) is 23.8 Å². The molecule has 0 amide bonds. The highest BCUT2D eigenvalue weighted by molar-refractivity contribution is 5.94. The van der Waals surface area contributed by atoms with Crippen LogP contribution in [0.2, 0.25) is 0 Å². The Morgan fingerprint density at radius 3 is 2.47 bits per heavy atom. The molecule has 1 aliphatic rings. The predicted octanol–water partition coefficient (Wildman–Crippen LogP) is 4.33. The molecule has 1 unspecified atom stereocenters. The number of hydrogen-bond acceptors (Lipinski definition) is 8. The van der Waals surface area contributed by atoms with E-state index in [0.717, 1.165) is 0 Å². The standard InChI is InChI=1S/C26H20O8/c1-31-19-5-3-4-15(25(19)32-2)16-10-21(29)34-20-11-18(28)23-24(30)17(12-33-26(23)22(16)20)13-6-8-14(27)9-7-13/h3-9,11-12,16,27-28H,10H2,1-2H3. The van der Waals surface area contributed by atoms with Gasteiger partial charge in [-0.3, -0.25) is 9.59 Å². The molecule has 2 N–H and O–H groups in total. The summed E-state index contributed by atoms with van der Waals surface area (Å²) in [6.07, 6.45) is 1.27. The van der Waals surface area contributed by atoms with Gasteiger partial charge in [-0.2, -0.15) is 0 Å². The number of methoxy groups -OCH3 is 2. The maximum atomic E-state index is 13.4. The summed E-state index contributed by atoms with van der Waals surface area (Å²) < 4.78 is 22.3. The number of rotatable bonds is 4. The summed E-state index contributed by atoms with van der Waals surface area (Å²) in [6, 6.07) is 12.6. The third kappa shape index (κ3) is 3.31. The van der Waals surface area contributed by atoms with Gasteiger partial charge in [0.2, 0.25) is 5.43 Å². The van der Waals surface area contributed by atoms with E-state index in [2.05, 4.69) is 0 Å². The number of ether oxygens (including phenoxy) is 3. The lowest BCUT2D eigenvalue weighted by Gasteiger charge is -2.27. The molecule has 4 aromatic rings. The van der Waals surface area contributed by atoms with Gasteiger partial charge in [-0.1, -0.05) is 24.3 Å². The number of fused-ring (bicyclic) bond motifs is 3. The second kappa shape index (κ2) is 8.15. The molecule has 1 aromatic heterocycles. The molecular weight excluding hydrogens is 440 g/mol. The highest BCUT2D eigenvalue weighted by Crippen LogP contribution is 2.49. The van der Waals surface area contributed by atoms with Crippen LogP contribution in [0.4, 0.5) is 0 Å². The number of para-hydroxylation sites is 1. The van der Waals surface area contributed by atoms with Crippen LogP contribution in [0.25, 0.3) is 22.1 Å². The molecule has 0 saturated heterocycles. The van der Waals surface area contributed by atoms with E-state index in [-0.39, 0.29) is 40.2 Å². The van der Waals surface area contributed by atoms with Crippen molar-refractivity contribution in [3.63, 3.8) is 0 Å². The van der Waals surface area contributed by atoms with Crippen molar-refractivity contribution in [1.82, 2.24) is 0 Å². The zero-order valence-corrected chi connectivity index (χ0v) is 18.3. The molecule has 8 heteroatoms. The summed E-state index contributed by atoms with van der Waals surface area (Å²) in [6.45, 7) is 0. The SMILES string of the molecule is COc1cccc(C2CC(=O)Oc3cc(O)c4c(=O)c(-c5ccc(O)cc5)coc4c32)c1OC. The third-order valence-corrected chi connectivity index (χ3v) is 5.96. The maximum absolute atomic E-state index is 13.4. The molecule has 0 bridgehead atoms. The summed E-state index contributed by atoms with van der Waals surface area (Å²) >= 11 is 0. The lowest BCUT2D eigenvalue weighted by atomic mass is 9.84. The lowest BCUT2D eigenvalue weighted by Crippen LogP contribution is -2.22. The van der Waals surface area contributed by atoms with Gasteiger partial charge >= 0.3 is 5.97 Å². The first-order chi connectivity index (χ1) is 16.4. The monoisotopic (exact) mass is 460 g/mol. The van der Waals surface area contributed by atoms with Crippen molar-refractivity contribution in [2.24, 2.45) is 0 Å². The molecule has 0 spiro atoms. The Morgan fingerprint density at radius 2 is 1.76 bits per heavy atom. The number of carbonyl (C=O) groups is 1. The Morgan fingerprint density at radius 1 is 1.00 bits per heavy atom. The molecular formula is C26H20O8. The molecule has 1 aliphatic heterocycles. The lowest BCUT2D eigenvalue weighted by molar-refractivity contribution is -0.135. The normalized spacial score (nSPS) is 15.0. The number of phenolic OH excluding ortho intramolecular Hbond substituents is 2. The molecule has 0 saturated carbocycles. The van der Waals surface area contributed by atoms with Crippen LogP contribution in [0.3, 0.4) is 0 Å². The number of carbonyl (C=O) groups excluding carboxylic acids is 1. The summed E-state index contributed by atoms with van der Waals surface area (Å²) in [4.78, 5) is 25.9. The molecule has 2 heterocycles. The zero-order chi connectivity index (χ0) is 24.0. The van der Waals surface area contributed by atoms with E-state index in [1.165, 1.54) is 38.7 Å². The van der Waals surface area contributed by atoms with Gasteiger partial charge in [0, 0.05) is 23.1 Å². The predicted molar refractivity (Wildman–Crippen MR) is 123 cm³/mol. The van der Waals surface area contributed by atoms with Crippen molar-refractivity contribution in [2.45, 2.75) is 12.3 Å². The average molecular weight is 460 g/mol. The van der Waals surface area contributed by atoms with Crippen molar-refractivity contribution < 1.29 is 33.6 Å². The van der Waals surface area contributed by atoms with Crippen molar-refractivity contribution in [3.8, 4) is 39.9 Å². The largest absolute Gasteiger partial charge is 0.508 e. The number of hydrogen-bond donors (Lipinski definition) is 2. The first-order valence-corrected chi connectivity index (χ1v) is 10.4. The van der Waals surface area contributed by atoms with E-state index in [0.29, 0.717) is 28.2 Å². The molecule has 1 atom stereocenters. The van der Waals surface area contributed by atoms with Crippen LogP contribution >= 0.6 is 0 Å². The average Bonchev–Trinajstić information content (AvgIpc) is 2.83. The van der Waals surface area contributed by atoms with Gasteiger partial charge in [0.1, 0.15) is 34.5 Å². The fraction of sp³-hybridized carbons (Fsp3) is 0.154. The number of esters is 1. The van der Waals surface area contributed by atoms with Crippen molar-refractivity contribution in [3.05, 3.63) is 76.1 Å². The molecule has 8 nitrogen and oxygen atoms in total. The Labute approximate surface area is 193 Å². The minimum atomic E-state index is -0.577. The van der Waals surface area contributed by atoms with E-state index in [4.69, 9.17) is 18.6 Å². The van der Waals surface area contributed by atoms with Crippen LogP contribution < -0.4 is 19.6 Å². The third-order valence-electron chi connectivity index (χ3n) is 5.96. The second-order valence-electron chi connectivity index (χ2n) is 7.85. The van der Waals surface area contributed by atoms with Crippen LogP contribution in [-0.2, 0) is 4.79 Å². The molecule has 0 fully saturated rings. The molecule has 5 rings (SSSR count). The van der Waals surface area contributed by atoms with E-state index in [1.54, 1.807) is 30.3 Å². The highest BCUT2D eigenvalue weighted by Gasteiger charge is 2.35. The number of aromatic hydroxyl groups is 2. The van der Waals surface area contributed by atoms with Gasteiger partial charge in [-0.15, -0.1) is 0 Å². The topological polar surface area (TPSA) is 115 Å². The number of phenols is 2. The van der Waals surface area contributed by atoms with Crippen LogP contribution in [-0.4, -0.2) is 30.4 Å². The first kappa shape index (κ1) is 21.4. The van der Waals surface area contributed by atoms with E-state index in [9.17, 15) is 19.8 Å². The van der Waals surface area contributed by atoms with Crippen LogP contribution in [0.5, 0.6) is 28.7 Å². The van der Waals surface area contributed by atoms with Gasteiger partial charge in [0.15, 0.2) is 11.5 Å².